The molecule has 316 valence electrons. The SMILES string of the molecule is Nc1ccc(S(=O)(=O)CC2COC2)cc1.Nc1ncc(-c2ccccc2)nc1C(=O)Nc1ccc(S(=O)(=O)CC2COC2)cc1.Nc1ncc(-c2ccccc2)nc1C(=O)O. The molecule has 17 nitrogen and oxygen atoms in total. The number of aromatic nitrogens is 4. The highest BCUT2D eigenvalue weighted by molar-refractivity contribution is 7.91. The number of nitrogens with two attached hydrogens (primary N) is 3. The third kappa shape index (κ3) is 11.7. The Hall–Kier alpha value is -6.80. The molecule has 2 aromatic heterocycles. The Bertz CT molecular complexity index is 2680. The van der Waals surface area contributed by atoms with Gasteiger partial charge in [0.1, 0.15) is 0 Å². The van der Waals surface area contributed by atoms with E-state index in [2.05, 4.69) is 25.3 Å². The largest absolute Gasteiger partial charge is 0.476 e. The van der Waals surface area contributed by atoms with Gasteiger partial charge in [-0.3, -0.25) is 4.79 Å². The van der Waals surface area contributed by atoms with Crippen molar-refractivity contribution >= 4 is 54.6 Å². The number of aromatic carboxylic acids is 1. The van der Waals surface area contributed by atoms with Gasteiger partial charge in [0, 0.05) is 34.3 Å². The topological polar surface area (TPSA) is 283 Å². The monoisotopic (exact) mass is 866 g/mol. The molecule has 2 aliphatic heterocycles. The number of carboxylic acids is 1. The highest BCUT2D eigenvalue weighted by Crippen LogP contribution is 2.24. The van der Waals surface area contributed by atoms with Crippen molar-refractivity contribution in [3.8, 4) is 22.5 Å². The molecule has 0 saturated carbocycles. The van der Waals surface area contributed by atoms with E-state index in [0.29, 0.717) is 54.1 Å². The first-order chi connectivity index (χ1) is 29.2. The molecule has 0 bridgehead atoms. The van der Waals surface area contributed by atoms with Crippen molar-refractivity contribution in [1.82, 2.24) is 19.9 Å². The van der Waals surface area contributed by atoms with Crippen LogP contribution in [0.4, 0.5) is 23.0 Å². The van der Waals surface area contributed by atoms with Gasteiger partial charge in [0.2, 0.25) is 0 Å². The van der Waals surface area contributed by atoms with Gasteiger partial charge in [0.15, 0.2) is 42.7 Å². The minimum Gasteiger partial charge on any atom is -0.476 e. The van der Waals surface area contributed by atoms with Gasteiger partial charge in [-0.2, -0.15) is 0 Å². The first kappa shape index (κ1) is 43.8. The second-order valence-corrected chi connectivity index (χ2v) is 18.0. The fraction of sp³-hybridized carbons (Fsp3) is 0.190. The van der Waals surface area contributed by atoms with E-state index in [1.165, 1.54) is 36.7 Å². The van der Waals surface area contributed by atoms with Crippen molar-refractivity contribution < 1.29 is 41.0 Å². The van der Waals surface area contributed by atoms with Crippen LogP contribution in [-0.2, 0) is 29.1 Å². The van der Waals surface area contributed by atoms with Crippen LogP contribution >= 0.6 is 0 Å². The summed E-state index contributed by atoms with van der Waals surface area (Å²) in [5.74, 6) is -1.38. The van der Waals surface area contributed by atoms with Gasteiger partial charge in [0.05, 0.1) is 71.5 Å². The molecule has 2 saturated heterocycles. The molecule has 61 heavy (non-hydrogen) atoms. The summed E-state index contributed by atoms with van der Waals surface area (Å²) in [5.41, 5.74) is 20.2. The summed E-state index contributed by atoms with van der Waals surface area (Å²) in [5, 5.41) is 11.5. The van der Waals surface area contributed by atoms with Gasteiger partial charge in [-0.1, -0.05) is 60.7 Å². The number of nitrogen functional groups attached to an aromatic ring is 3. The molecule has 1 amide bonds. The molecule has 2 fully saturated rings. The van der Waals surface area contributed by atoms with E-state index in [1.54, 1.807) is 24.3 Å². The van der Waals surface area contributed by atoms with Crippen LogP contribution in [0.2, 0.25) is 0 Å². The van der Waals surface area contributed by atoms with Gasteiger partial charge < -0.3 is 37.1 Å². The zero-order valence-corrected chi connectivity index (χ0v) is 34.1. The summed E-state index contributed by atoms with van der Waals surface area (Å²) in [4.78, 5) is 40.2. The standard InChI is InChI=1S/C21H20N4O4S.C11H9N3O2.C10H13NO3S/c22-20-19(25-18(10-23-20)15-4-2-1-3-5-15)21(26)24-16-6-8-17(9-7-16)30(27,28)13-14-11-29-12-14;12-10-9(11(15)16)14-8(6-13-10)7-4-2-1-3-5-7;11-9-1-3-10(4-2-9)15(12,13)7-8-5-14-6-8/h1-10,14H,11-13H2,(H2,22,23)(H,24,26);1-6H,(H2,12,13)(H,15,16);1-4,8H,5-7,11H2. The van der Waals surface area contributed by atoms with E-state index in [4.69, 9.17) is 31.8 Å². The van der Waals surface area contributed by atoms with Crippen molar-refractivity contribution in [2.75, 3.05) is 60.5 Å². The lowest BCUT2D eigenvalue weighted by molar-refractivity contribution is -0.0204. The molecule has 0 radical (unpaired) electrons. The molecule has 4 heterocycles. The second kappa shape index (κ2) is 19.5. The molecule has 8 N–H and O–H groups in total. The van der Waals surface area contributed by atoms with Gasteiger partial charge in [-0.15, -0.1) is 0 Å². The average molecular weight is 867 g/mol. The number of anilines is 4. The Morgan fingerprint density at radius 1 is 0.607 bits per heavy atom. The summed E-state index contributed by atoms with van der Waals surface area (Å²) in [6.07, 6.45) is 2.96. The van der Waals surface area contributed by atoms with E-state index in [0.717, 1.165) is 11.1 Å². The Kier molecular flexibility index (Phi) is 14.0. The maximum Gasteiger partial charge on any atom is 0.358 e. The molecule has 2 aliphatic rings. The smallest absolute Gasteiger partial charge is 0.358 e. The molecule has 0 spiro atoms. The molecule has 0 unspecified atom stereocenters. The molecule has 6 aromatic rings. The molecule has 8 rings (SSSR count). The lowest BCUT2D eigenvalue weighted by Gasteiger charge is -2.25. The van der Waals surface area contributed by atoms with E-state index in [1.807, 2.05) is 60.7 Å². The number of benzene rings is 4. The zero-order valence-electron chi connectivity index (χ0n) is 32.5. The van der Waals surface area contributed by atoms with Crippen LogP contribution in [-0.4, -0.2) is 91.7 Å². The predicted octanol–water partition coefficient (Wildman–Crippen LogP) is 4.51. The molecule has 0 atom stereocenters. The maximum absolute atomic E-state index is 12.7. The molecule has 4 aromatic carbocycles. The Balaban J connectivity index is 0.000000169. The van der Waals surface area contributed by atoms with Crippen molar-refractivity contribution in [2.24, 2.45) is 11.8 Å². The van der Waals surface area contributed by atoms with Crippen LogP contribution in [0.25, 0.3) is 22.5 Å². The third-order valence-electron chi connectivity index (χ3n) is 9.19. The number of nitrogens with one attached hydrogen (secondary N) is 1. The Morgan fingerprint density at radius 2 is 1.02 bits per heavy atom. The summed E-state index contributed by atoms with van der Waals surface area (Å²) in [7, 11) is -6.57. The third-order valence-corrected chi connectivity index (χ3v) is 13.0. The average Bonchev–Trinajstić information content (AvgIpc) is 3.22. The fourth-order valence-electron chi connectivity index (χ4n) is 5.80. The Labute approximate surface area is 351 Å². The van der Waals surface area contributed by atoms with Crippen LogP contribution in [0, 0.1) is 11.8 Å². The van der Waals surface area contributed by atoms with Crippen LogP contribution in [0.3, 0.4) is 0 Å². The number of hydrogen-bond acceptors (Lipinski definition) is 15. The molecule has 19 heteroatoms. The first-order valence-electron chi connectivity index (χ1n) is 18.7. The van der Waals surface area contributed by atoms with Crippen LogP contribution in [0.1, 0.15) is 21.0 Å². The van der Waals surface area contributed by atoms with Crippen molar-refractivity contribution in [3.63, 3.8) is 0 Å². The number of sulfone groups is 2. The van der Waals surface area contributed by atoms with Crippen LogP contribution in [0.5, 0.6) is 0 Å². The number of nitrogens with zero attached hydrogens (tertiary/aromatic N) is 4. The summed E-state index contributed by atoms with van der Waals surface area (Å²) in [6.45, 7) is 2.04. The van der Waals surface area contributed by atoms with Gasteiger partial charge in [-0.25, -0.2) is 41.6 Å². The van der Waals surface area contributed by atoms with Gasteiger partial charge in [-0.05, 0) is 48.5 Å². The quantitative estimate of drug-likeness (QED) is 0.112. The number of carboxylic acid groups (broad SMARTS) is 1. The fourth-order valence-corrected chi connectivity index (χ4v) is 8.92. The minimum atomic E-state index is -3.40. The second-order valence-electron chi connectivity index (χ2n) is 13.9. The predicted molar refractivity (Wildman–Crippen MR) is 229 cm³/mol. The first-order valence-corrected chi connectivity index (χ1v) is 22.0. The number of amides is 1. The summed E-state index contributed by atoms with van der Waals surface area (Å²) < 4.78 is 58.5. The lowest BCUT2D eigenvalue weighted by Crippen LogP contribution is -2.33. The van der Waals surface area contributed by atoms with Crippen molar-refractivity contribution in [2.45, 2.75) is 9.79 Å². The number of hydrogen-bond donors (Lipinski definition) is 5. The van der Waals surface area contributed by atoms with Crippen molar-refractivity contribution in [3.05, 3.63) is 133 Å². The van der Waals surface area contributed by atoms with E-state index in [-0.39, 0.29) is 51.3 Å². The van der Waals surface area contributed by atoms with Crippen LogP contribution in [0.15, 0.2) is 131 Å². The maximum atomic E-state index is 12.7. The number of ether oxygens (including phenoxy) is 2. The minimum absolute atomic E-state index is 0.00182. The van der Waals surface area contributed by atoms with Gasteiger partial charge in [0.25, 0.3) is 5.91 Å². The van der Waals surface area contributed by atoms with E-state index in [9.17, 15) is 26.4 Å². The Morgan fingerprint density at radius 3 is 1.43 bits per heavy atom. The number of carbonyl (C=O) groups is 2. The van der Waals surface area contributed by atoms with E-state index >= 15 is 0 Å². The van der Waals surface area contributed by atoms with Crippen molar-refractivity contribution in [1.29, 1.82) is 0 Å². The van der Waals surface area contributed by atoms with Crippen LogP contribution < -0.4 is 22.5 Å². The molecular weight excluding hydrogens is 825 g/mol. The summed E-state index contributed by atoms with van der Waals surface area (Å²) >= 11 is 0. The number of carbonyl (C=O) groups excluding carboxylic acids is 1. The highest BCUT2D eigenvalue weighted by Gasteiger charge is 2.28. The lowest BCUT2D eigenvalue weighted by atomic mass is 10.1. The number of rotatable bonds is 11. The molecule has 0 aliphatic carbocycles. The summed E-state index contributed by atoms with van der Waals surface area (Å²) in [6, 6.07) is 30.8. The zero-order chi connectivity index (χ0) is 43.6. The highest BCUT2D eigenvalue weighted by atomic mass is 32.2. The normalized spacial score (nSPS) is 13.8. The molecular formula is C42H42N8O9S2. The van der Waals surface area contributed by atoms with E-state index < -0.39 is 31.6 Å². The van der Waals surface area contributed by atoms with Gasteiger partial charge >= 0.3 is 5.97 Å².